The highest BCUT2D eigenvalue weighted by molar-refractivity contribution is 6.32. The summed E-state index contributed by atoms with van der Waals surface area (Å²) < 4.78 is 7.86. The summed E-state index contributed by atoms with van der Waals surface area (Å²) in [6.07, 6.45) is 12.9. The van der Waals surface area contributed by atoms with Crippen molar-refractivity contribution in [2.24, 2.45) is 0 Å². The maximum atomic E-state index is 6.07. The van der Waals surface area contributed by atoms with Gasteiger partial charge in [0.25, 0.3) is 0 Å². The highest BCUT2D eigenvalue weighted by Gasteiger charge is 2.19. The predicted octanol–water partition coefficient (Wildman–Crippen LogP) is 3.36. The Balaban J connectivity index is 1.85. The lowest BCUT2D eigenvalue weighted by molar-refractivity contribution is 0.0988. The summed E-state index contributed by atoms with van der Waals surface area (Å²) in [7, 11) is 2.11. The van der Waals surface area contributed by atoms with E-state index in [1.807, 2.05) is 25.1 Å². The number of imidazole rings is 1. The number of aromatic nitrogens is 3. The van der Waals surface area contributed by atoms with Crippen LogP contribution in [-0.4, -0.2) is 45.7 Å². The minimum absolute atomic E-state index is 0.171. The summed E-state index contributed by atoms with van der Waals surface area (Å²) in [5.41, 5.74) is 2.60. The van der Waals surface area contributed by atoms with Crippen molar-refractivity contribution >= 4 is 22.8 Å². The second-order valence-corrected chi connectivity index (χ2v) is 6.65. The maximum absolute atomic E-state index is 6.07. The molecule has 2 aromatic rings. The number of fused-ring (bicyclic) bond motifs is 1. The van der Waals surface area contributed by atoms with Gasteiger partial charge in [-0.2, -0.15) is 0 Å². The molecule has 25 heavy (non-hydrogen) atoms. The van der Waals surface area contributed by atoms with Gasteiger partial charge in [-0.25, -0.2) is 9.50 Å². The summed E-state index contributed by atoms with van der Waals surface area (Å²) in [6, 6.07) is 3.78. The minimum Gasteiger partial charge on any atom is -0.472 e. The average Bonchev–Trinajstić information content (AvgIpc) is 3.02. The standard InChI is InChI=1S/C19H21ClN4O/c1-4-15(20)8-7-14(2)17-12-21-18-9-10-19(22-24(17)18)25-16-6-5-11-23(3)13-16/h1,7-10,12,16H,5-6,11,13H2,2-3H3/b14-7+,15-8+. The molecule has 0 N–H and O–H groups in total. The lowest BCUT2D eigenvalue weighted by Crippen LogP contribution is -2.38. The van der Waals surface area contributed by atoms with E-state index in [2.05, 4.69) is 28.0 Å². The quantitative estimate of drug-likeness (QED) is 0.622. The molecular weight excluding hydrogens is 336 g/mol. The lowest BCUT2D eigenvalue weighted by Gasteiger charge is -2.29. The van der Waals surface area contributed by atoms with E-state index in [0.717, 1.165) is 42.8 Å². The van der Waals surface area contributed by atoms with Crippen LogP contribution in [-0.2, 0) is 0 Å². The van der Waals surface area contributed by atoms with E-state index in [-0.39, 0.29) is 6.10 Å². The zero-order valence-electron chi connectivity index (χ0n) is 14.4. The van der Waals surface area contributed by atoms with Crippen molar-refractivity contribution in [2.45, 2.75) is 25.9 Å². The van der Waals surface area contributed by atoms with E-state index in [1.165, 1.54) is 0 Å². The maximum Gasteiger partial charge on any atom is 0.232 e. The van der Waals surface area contributed by atoms with E-state index in [4.69, 9.17) is 22.8 Å². The fraction of sp³-hybridized carbons (Fsp3) is 0.368. The van der Waals surface area contributed by atoms with Crippen LogP contribution in [0.25, 0.3) is 11.2 Å². The Morgan fingerprint density at radius 1 is 1.44 bits per heavy atom. The fourth-order valence-corrected chi connectivity index (χ4v) is 2.97. The monoisotopic (exact) mass is 356 g/mol. The number of likely N-dealkylation sites (tertiary alicyclic amines) is 1. The van der Waals surface area contributed by atoms with Crippen LogP contribution in [0.3, 0.4) is 0 Å². The van der Waals surface area contributed by atoms with Crippen LogP contribution >= 0.6 is 11.6 Å². The first-order chi connectivity index (χ1) is 12.1. The number of nitrogens with zero attached hydrogens (tertiary/aromatic N) is 4. The average molecular weight is 357 g/mol. The Hall–Kier alpha value is -2.29. The number of hydrogen-bond acceptors (Lipinski definition) is 4. The molecule has 0 amide bonds. The Morgan fingerprint density at radius 3 is 3.04 bits per heavy atom. The van der Waals surface area contributed by atoms with E-state index < -0.39 is 0 Å². The van der Waals surface area contributed by atoms with Crippen LogP contribution in [0.1, 0.15) is 25.5 Å². The number of hydrogen-bond donors (Lipinski definition) is 0. The normalized spacial score (nSPS) is 19.8. The van der Waals surface area contributed by atoms with Gasteiger partial charge in [-0.3, -0.25) is 0 Å². The van der Waals surface area contributed by atoms with Gasteiger partial charge in [0.05, 0.1) is 16.9 Å². The smallest absolute Gasteiger partial charge is 0.232 e. The third-order valence-corrected chi connectivity index (χ3v) is 4.46. The minimum atomic E-state index is 0.171. The zero-order chi connectivity index (χ0) is 17.8. The fourth-order valence-electron chi connectivity index (χ4n) is 2.91. The molecule has 2 aromatic heterocycles. The van der Waals surface area contributed by atoms with Gasteiger partial charge >= 0.3 is 0 Å². The number of terminal acetylenes is 1. The van der Waals surface area contributed by atoms with Crippen LogP contribution < -0.4 is 4.74 Å². The SMILES string of the molecule is C#C/C(Cl)=C\C=C(/C)c1cnc2ccc(OC3CCCN(C)C3)nn12. The third kappa shape index (κ3) is 4.22. The van der Waals surface area contributed by atoms with Crippen LogP contribution in [0, 0.1) is 12.3 Å². The molecule has 1 fully saturated rings. The van der Waals surface area contributed by atoms with Gasteiger partial charge in [-0.05, 0) is 51.1 Å². The number of rotatable bonds is 4. The molecule has 0 saturated carbocycles. The molecule has 0 bridgehead atoms. The van der Waals surface area contributed by atoms with Crippen LogP contribution in [0.4, 0.5) is 0 Å². The molecular formula is C19H21ClN4O. The van der Waals surface area contributed by atoms with E-state index in [0.29, 0.717) is 10.9 Å². The first-order valence-corrected chi connectivity index (χ1v) is 8.65. The summed E-state index contributed by atoms with van der Waals surface area (Å²) in [6.45, 7) is 4.01. The summed E-state index contributed by atoms with van der Waals surface area (Å²) in [5.74, 6) is 2.99. The summed E-state index contributed by atoms with van der Waals surface area (Å²) in [4.78, 5) is 6.67. The van der Waals surface area contributed by atoms with E-state index in [1.54, 1.807) is 16.8 Å². The number of piperidine rings is 1. The van der Waals surface area contributed by atoms with Gasteiger partial charge in [0, 0.05) is 12.6 Å². The van der Waals surface area contributed by atoms with Crippen LogP contribution in [0.2, 0.25) is 0 Å². The topological polar surface area (TPSA) is 42.7 Å². The summed E-state index contributed by atoms with van der Waals surface area (Å²) in [5, 5.41) is 4.95. The molecule has 3 heterocycles. The van der Waals surface area contributed by atoms with Crippen molar-refractivity contribution in [1.82, 2.24) is 19.5 Å². The van der Waals surface area contributed by atoms with Gasteiger partial charge < -0.3 is 9.64 Å². The summed E-state index contributed by atoms with van der Waals surface area (Å²) >= 11 is 5.85. The highest BCUT2D eigenvalue weighted by atomic mass is 35.5. The van der Waals surface area contributed by atoms with Crippen LogP contribution in [0.15, 0.2) is 35.5 Å². The third-order valence-electron chi connectivity index (χ3n) is 4.23. The molecule has 6 heteroatoms. The first kappa shape index (κ1) is 17.5. The molecule has 0 radical (unpaired) electrons. The second-order valence-electron chi connectivity index (χ2n) is 6.24. The largest absolute Gasteiger partial charge is 0.472 e. The van der Waals surface area contributed by atoms with Gasteiger partial charge in [0.2, 0.25) is 5.88 Å². The van der Waals surface area contributed by atoms with Gasteiger partial charge in [0.1, 0.15) is 6.10 Å². The Labute approximate surface area is 152 Å². The molecule has 5 nitrogen and oxygen atoms in total. The van der Waals surface area contributed by atoms with Crippen molar-refractivity contribution < 1.29 is 4.74 Å². The molecule has 1 saturated heterocycles. The number of ether oxygens (including phenoxy) is 1. The van der Waals surface area contributed by atoms with Crippen molar-refractivity contribution in [2.75, 3.05) is 20.1 Å². The zero-order valence-corrected chi connectivity index (χ0v) is 15.2. The Morgan fingerprint density at radius 2 is 2.28 bits per heavy atom. The van der Waals surface area contributed by atoms with Crippen molar-refractivity contribution in [3.63, 3.8) is 0 Å². The van der Waals surface area contributed by atoms with Crippen molar-refractivity contribution in [3.8, 4) is 18.2 Å². The van der Waals surface area contributed by atoms with E-state index in [9.17, 15) is 0 Å². The lowest BCUT2D eigenvalue weighted by atomic mass is 10.1. The number of halogens is 1. The van der Waals surface area contributed by atoms with Gasteiger partial charge in [0.15, 0.2) is 5.65 Å². The molecule has 0 aromatic carbocycles. The molecule has 130 valence electrons. The predicted molar refractivity (Wildman–Crippen MR) is 101 cm³/mol. The van der Waals surface area contributed by atoms with Crippen LogP contribution in [0.5, 0.6) is 5.88 Å². The Kier molecular flexibility index (Phi) is 5.42. The second kappa shape index (κ2) is 7.73. The molecule has 1 aliphatic heterocycles. The molecule has 1 atom stereocenters. The highest BCUT2D eigenvalue weighted by Crippen LogP contribution is 2.20. The van der Waals surface area contributed by atoms with Crippen molar-refractivity contribution in [3.05, 3.63) is 41.2 Å². The van der Waals surface area contributed by atoms with Gasteiger partial charge in [-0.15, -0.1) is 11.5 Å². The molecule has 0 spiro atoms. The first-order valence-electron chi connectivity index (χ1n) is 8.28. The van der Waals surface area contributed by atoms with E-state index >= 15 is 0 Å². The van der Waals surface area contributed by atoms with Gasteiger partial charge in [-0.1, -0.05) is 23.6 Å². The number of likely N-dealkylation sites (N-methyl/N-ethyl adjacent to an activating group) is 1. The Bertz CT molecular complexity index is 862. The molecule has 0 aliphatic carbocycles. The molecule has 3 rings (SSSR count). The number of allylic oxidation sites excluding steroid dienone is 4. The van der Waals surface area contributed by atoms with Crippen molar-refractivity contribution in [1.29, 1.82) is 0 Å². The molecule has 1 aliphatic rings. The molecule has 1 unspecified atom stereocenters.